The molecule has 0 saturated carbocycles. The van der Waals surface area contributed by atoms with Crippen LogP contribution in [0, 0.1) is 0 Å². The number of carbonyl (C=O) groups is 1. The Morgan fingerprint density at radius 2 is 1.89 bits per heavy atom. The quantitative estimate of drug-likeness (QED) is 0.740. The fourth-order valence-corrected chi connectivity index (χ4v) is 2.81. The van der Waals surface area contributed by atoms with Gasteiger partial charge in [0.25, 0.3) is 0 Å². The molecule has 1 fully saturated rings. The topological polar surface area (TPSA) is 44.4 Å². The molecule has 0 bridgehead atoms. The third-order valence-electron chi connectivity index (χ3n) is 4.06. The molecule has 0 spiro atoms. The second kappa shape index (κ2) is 8.54. The van der Waals surface area contributed by atoms with Crippen LogP contribution in [0.3, 0.4) is 0 Å². The van der Waals surface area contributed by atoms with Crippen molar-refractivity contribution < 1.29 is 4.79 Å². The van der Waals surface area contributed by atoms with Crippen molar-refractivity contribution in [3.05, 3.63) is 0 Å². The Labute approximate surface area is 118 Å². The van der Waals surface area contributed by atoms with Crippen LogP contribution in [0.25, 0.3) is 0 Å². The molecule has 0 aliphatic carbocycles. The smallest absolute Gasteiger partial charge is 0.237 e. The van der Waals surface area contributed by atoms with Gasteiger partial charge in [0.15, 0.2) is 0 Å². The Morgan fingerprint density at radius 1 is 1.26 bits per heavy atom. The maximum atomic E-state index is 12.2. The number of piperidine rings is 1. The molecule has 2 unspecified atom stereocenters. The molecule has 1 heterocycles. The van der Waals surface area contributed by atoms with Crippen molar-refractivity contribution in [2.75, 3.05) is 19.6 Å². The van der Waals surface area contributed by atoms with Gasteiger partial charge in [-0.3, -0.25) is 9.69 Å². The van der Waals surface area contributed by atoms with E-state index in [1.54, 1.807) is 0 Å². The van der Waals surface area contributed by atoms with Crippen LogP contribution >= 0.6 is 0 Å². The van der Waals surface area contributed by atoms with Gasteiger partial charge in [-0.2, -0.15) is 0 Å². The number of rotatable bonds is 7. The molecule has 112 valence electrons. The molecule has 4 nitrogen and oxygen atoms in total. The third kappa shape index (κ3) is 5.49. The number of amides is 1. The molecule has 1 amide bonds. The van der Waals surface area contributed by atoms with Crippen molar-refractivity contribution in [1.82, 2.24) is 15.5 Å². The standard InChI is InChI=1S/C15H31N3O/c1-5-7-12(3)17-15(19)13(4)18-10-8-14(9-11-18)16-6-2/h12-14,16H,5-11H2,1-4H3,(H,17,19). The first-order valence-electron chi connectivity index (χ1n) is 7.86. The highest BCUT2D eigenvalue weighted by atomic mass is 16.2. The van der Waals surface area contributed by atoms with Crippen molar-refractivity contribution in [2.45, 2.75) is 71.5 Å². The minimum Gasteiger partial charge on any atom is -0.352 e. The van der Waals surface area contributed by atoms with Crippen LogP contribution in [0.1, 0.15) is 53.4 Å². The molecule has 1 aliphatic heterocycles. The van der Waals surface area contributed by atoms with Crippen molar-refractivity contribution in [1.29, 1.82) is 0 Å². The van der Waals surface area contributed by atoms with Crippen LogP contribution in [0.2, 0.25) is 0 Å². The van der Waals surface area contributed by atoms with Crippen LogP contribution in [-0.2, 0) is 4.79 Å². The fourth-order valence-electron chi connectivity index (χ4n) is 2.81. The van der Waals surface area contributed by atoms with E-state index in [9.17, 15) is 4.79 Å². The van der Waals surface area contributed by atoms with Gasteiger partial charge in [-0.25, -0.2) is 0 Å². The van der Waals surface area contributed by atoms with Crippen molar-refractivity contribution in [3.63, 3.8) is 0 Å². The summed E-state index contributed by atoms with van der Waals surface area (Å²) in [4.78, 5) is 14.5. The highest BCUT2D eigenvalue weighted by Gasteiger charge is 2.26. The van der Waals surface area contributed by atoms with Crippen molar-refractivity contribution in [2.24, 2.45) is 0 Å². The molecule has 2 atom stereocenters. The lowest BCUT2D eigenvalue weighted by atomic mass is 10.0. The Morgan fingerprint density at radius 3 is 2.42 bits per heavy atom. The van der Waals surface area contributed by atoms with Crippen LogP contribution in [0.15, 0.2) is 0 Å². The summed E-state index contributed by atoms with van der Waals surface area (Å²) in [6.45, 7) is 11.5. The average molecular weight is 269 g/mol. The summed E-state index contributed by atoms with van der Waals surface area (Å²) in [6.07, 6.45) is 4.47. The van der Waals surface area contributed by atoms with Gasteiger partial charge < -0.3 is 10.6 Å². The monoisotopic (exact) mass is 269 g/mol. The van der Waals surface area contributed by atoms with Crippen LogP contribution in [-0.4, -0.2) is 48.6 Å². The molecule has 1 saturated heterocycles. The van der Waals surface area contributed by atoms with Crippen LogP contribution in [0.4, 0.5) is 0 Å². The van der Waals surface area contributed by atoms with E-state index in [1.807, 2.05) is 6.92 Å². The summed E-state index contributed by atoms with van der Waals surface area (Å²) in [5.74, 6) is 0.183. The van der Waals surface area contributed by atoms with Gasteiger partial charge in [-0.1, -0.05) is 20.3 Å². The predicted octanol–water partition coefficient (Wildman–Crippen LogP) is 1.75. The van der Waals surface area contributed by atoms with Gasteiger partial charge in [0, 0.05) is 25.2 Å². The lowest BCUT2D eigenvalue weighted by molar-refractivity contribution is -0.127. The van der Waals surface area contributed by atoms with Gasteiger partial charge in [0.2, 0.25) is 5.91 Å². The zero-order chi connectivity index (χ0) is 14.3. The largest absolute Gasteiger partial charge is 0.352 e. The van der Waals surface area contributed by atoms with Gasteiger partial charge in [-0.05, 0) is 39.7 Å². The van der Waals surface area contributed by atoms with Crippen molar-refractivity contribution in [3.8, 4) is 0 Å². The Balaban J connectivity index is 2.33. The molecule has 0 radical (unpaired) electrons. The van der Waals surface area contributed by atoms with E-state index < -0.39 is 0 Å². The van der Waals surface area contributed by atoms with Gasteiger partial charge in [0.05, 0.1) is 6.04 Å². The first-order chi connectivity index (χ1) is 9.08. The summed E-state index contributed by atoms with van der Waals surface area (Å²) in [7, 11) is 0. The second-order valence-corrected chi connectivity index (χ2v) is 5.74. The summed E-state index contributed by atoms with van der Waals surface area (Å²) in [6, 6.07) is 0.927. The summed E-state index contributed by atoms with van der Waals surface area (Å²) in [5, 5.41) is 6.61. The molecule has 19 heavy (non-hydrogen) atoms. The van der Waals surface area contributed by atoms with E-state index in [-0.39, 0.29) is 11.9 Å². The third-order valence-corrected chi connectivity index (χ3v) is 4.06. The zero-order valence-corrected chi connectivity index (χ0v) is 13.0. The minimum absolute atomic E-state index is 0.00174. The number of hydrogen-bond donors (Lipinski definition) is 2. The lowest BCUT2D eigenvalue weighted by Crippen LogP contribution is -2.52. The molecule has 2 N–H and O–H groups in total. The maximum absolute atomic E-state index is 12.2. The van der Waals surface area contributed by atoms with Gasteiger partial charge >= 0.3 is 0 Å². The molecule has 0 aromatic rings. The SMILES string of the molecule is CCCC(C)NC(=O)C(C)N1CCC(NCC)CC1. The molecule has 0 aromatic carbocycles. The zero-order valence-electron chi connectivity index (χ0n) is 13.0. The van der Waals surface area contributed by atoms with E-state index in [0.29, 0.717) is 12.1 Å². The highest BCUT2D eigenvalue weighted by molar-refractivity contribution is 5.81. The van der Waals surface area contributed by atoms with Crippen molar-refractivity contribution >= 4 is 5.91 Å². The Hall–Kier alpha value is -0.610. The van der Waals surface area contributed by atoms with E-state index in [0.717, 1.165) is 45.3 Å². The highest BCUT2D eigenvalue weighted by Crippen LogP contribution is 2.13. The number of likely N-dealkylation sites (tertiary alicyclic amines) is 1. The lowest BCUT2D eigenvalue weighted by Gasteiger charge is -2.36. The fraction of sp³-hybridized carbons (Fsp3) is 0.933. The van der Waals surface area contributed by atoms with E-state index in [2.05, 4.69) is 36.3 Å². The number of nitrogens with zero attached hydrogens (tertiary/aromatic N) is 1. The van der Waals surface area contributed by atoms with E-state index >= 15 is 0 Å². The maximum Gasteiger partial charge on any atom is 0.237 e. The number of carbonyl (C=O) groups excluding carboxylic acids is 1. The van der Waals surface area contributed by atoms with Crippen LogP contribution in [0.5, 0.6) is 0 Å². The molecular formula is C15H31N3O. The first-order valence-corrected chi connectivity index (χ1v) is 7.86. The van der Waals surface area contributed by atoms with E-state index in [4.69, 9.17) is 0 Å². The molecule has 1 aliphatic rings. The van der Waals surface area contributed by atoms with Gasteiger partial charge in [0.1, 0.15) is 0 Å². The minimum atomic E-state index is 0.00174. The summed E-state index contributed by atoms with van der Waals surface area (Å²) in [5.41, 5.74) is 0. The number of hydrogen-bond acceptors (Lipinski definition) is 3. The Bertz CT molecular complexity index is 262. The molecular weight excluding hydrogens is 238 g/mol. The second-order valence-electron chi connectivity index (χ2n) is 5.74. The van der Waals surface area contributed by atoms with Crippen LogP contribution < -0.4 is 10.6 Å². The first kappa shape index (κ1) is 16.4. The summed E-state index contributed by atoms with van der Waals surface area (Å²) < 4.78 is 0. The van der Waals surface area contributed by atoms with Gasteiger partial charge in [-0.15, -0.1) is 0 Å². The normalized spacial score (nSPS) is 21.1. The van der Waals surface area contributed by atoms with E-state index in [1.165, 1.54) is 0 Å². The molecule has 4 heteroatoms. The number of nitrogens with one attached hydrogen (secondary N) is 2. The molecule has 1 rings (SSSR count). The Kier molecular flexibility index (Phi) is 7.39. The molecule has 0 aromatic heterocycles. The predicted molar refractivity (Wildman–Crippen MR) is 80.2 cm³/mol. The average Bonchev–Trinajstić information content (AvgIpc) is 2.39. The summed E-state index contributed by atoms with van der Waals surface area (Å²) >= 11 is 0.